The first-order valence-corrected chi connectivity index (χ1v) is 7.97. The zero-order valence-corrected chi connectivity index (χ0v) is 13.8. The summed E-state index contributed by atoms with van der Waals surface area (Å²) in [6.45, 7) is 2.08. The molecule has 2 aromatic carbocycles. The van der Waals surface area contributed by atoms with E-state index < -0.39 is 4.83 Å². The van der Waals surface area contributed by atoms with E-state index in [2.05, 4.69) is 20.9 Å². The van der Waals surface area contributed by atoms with E-state index in [1.165, 1.54) is 12.1 Å². The summed E-state index contributed by atoms with van der Waals surface area (Å²) in [6, 6.07) is 11.2. The maximum absolute atomic E-state index is 13.0. The van der Waals surface area contributed by atoms with E-state index in [4.69, 9.17) is 9.15 Å². The Bertz CT molecular complexity index is 845. The molecule has 0 spiro atoms. The molecule has 3 aromatic rings. The number of halogens is 2. The molecule has 0 aliphatic heterocycles. The minimum atomic E-state index is -0.558. The number of fused-ring (bicyclic) bond motifs is 1. The molecule has 118 valence electrons. The lowest BCUT2D eigenvalue weighted by atomic mass is 10.1. The molecular formula is C17H13BrFNO3. The summed E-state index contributed by atoms with van der Waals surface area (Å²) < 4.78 is 23.6. The first kappa shape index (κ1) is 15.7. The molecule has 0 fully saturated rings. The third-order valence-electron chi connectivity index (χ3n) is 3.29. The van der Waals surface area contributed by atoms with E-state index in [9.17, 15) is 9.18 Å². The first-order valence-electron chi connectivity index (χ1n) is 7.05. The minimum Gasteiger partial charge on any atom is -0.465 e. The van der Waals surface area contributed by atoms with Gasteiger partial charge in [-0.2, -0.15) is 0 Å². The van der Waals surface area contributed by atoms with Crippen LogP contribution in [-0.4, -0.2) is 17.6 Å². The second-order valence-electron chi connectivity index (χ2n) is 4.87. The van der Waals surface area contributed by atoms with Crippen LogP contribution in [0.25, 0.3) is 22.6 Å². The van der Waals surface area contributed by atoms with E-state index in [0.29, 0.717) is 29.2 Å². The van der Waals surface area contributed by atoms with Crippen LogP contribution in [0.15, 0.2) is 46.9 Å². The molecule has 4 nitrogen and oxygen atoms in total. The van der Waals surface area contributed by atoms with Crippen LogP contribution in [0.3, 0.4) is 0 Å². The van der Waals surface area contributed by atoms with Crippen molar-refractivity contribution in [2.24, 2.45) is 0 Å². The molecule has 1 heterocycles. The predicted molar refractivity (Wildman–Crippen MR) is 87.7 cm³/mol. The maximum Gasteiger partial charge on any atom is 0.324 e. The van der Waals surface area contributed by atoms with Gasteiger partial charge < -0.3 is 9.15 Å². The fourth-order valence-electron chi connectivity index (χ4n) is 2.17. The van der Waals surface area contributed by atoms with Gasteiger partial charge in [-0.25, -0.2) is 9.37 Å². The number of nitrogens with zero attached hydrogens (tertiary/aromatic N) is 1. The molecule has 6 heteroatoms. The lowest BCUT2D eigenvalue weighted by Gasteiger charge is -2.08. The molecule has 0 N–H and O–H groups in total. The fraction of sp³-hybridized carbons (Fsp3) is 0.176. The van der Waals surface area contributed by atoms with Crippen molar-refractivity contribution in [2.75, 3.05) is 6.61 Å². The Balaban J connectivity index is 1.94. The summed E-state index contributed by atoms with van der Waals surface area (Å²) in [7, 11) is 0. The molecule has 23 heavy (non-hydrogen) atoms. The van der Waals surface area contributed by atoms with Gasteiger partial charge in [0.25, 0.3) is 0 Å². The normalized spacial score (nSPS) is 12.3. The molecule has 1 atom stereocenters. The number of oxazole rings is 1. The molecule has 0 amide bonds. The van der Waals surface area contributed by atoms with Crippen molar-refractivity contribution < 1.29 is 18.3 Å². The zero-order valence-electron chi connectivity index (χ0n) is 12.3. The van der Waals surface area contributed by atoms with E-state index in [0.717, 1.165) is 5.56 Å². The van der Waals surface area contributed by atoms with Crippen molar-refractivity contribution in [3.05, 3.63) is 53.8 Å². The summed E-state index contributed by atoms with van der Waals surface area (Å²) in [4.78, 5) is 15.6. The third-order valence-corrected chi connectivity index (χ3v) is 4.19. The number of aromatic nitrogens is 1. The van der Waals surface area contributed by atoms with Crippen molar-refractivity contribution >= 4 is 33.0 Å². The Labute approximate surface area is 140 Å². The zero-order chi connectivity index (χ0) is 16.4. The number of benzene rings is 2. The number of hydrogen-bond donors (Lipinski definition) is 0. The van der Waals surface area contributed by atoms with Gasteiger partial charge in [0.05, 0.1) is 6.61 Å². The van der Waals surface area contributed by atoms with Gasteiger partial charge in [0.2, 0.25) is 5.89 Å². The third kappa shape index (κ3) is 3.27. The lowest BCUT2D eigenvalue weighted by Crippen LogP contribution is -2.10. The van der Waals surface area contributed by atoms with Crippen LogP contribution in [0, 0.1) is 5.82 Å². The molecule has 0 bridgehead atoms. The number of carbonyl (C=O) groups is 1. The fourth-order valence-corrected chi connectivity index (χ4v) is 2.59. The quantitative estimate of drug-likeness (QED) is 0.491. The Hall–Kier alpha value is -2.21. The molecule has 0 radical (unpaired) electrons. The number of alkyl halides is 1. The Morgan fingerprint density at radius 2 is 2.04 bits per heavy atom. The number of carbonyl (C=O) groups excluding carboxylic acids is 1. The summed E-state index contributed by atoms with van der Waals surface area (Å²) in [5.74, 6) is -0.266. The lowest BCUT2D eigenvalue weighted by molar-refractivity contribution is -0.142. The van der Waals surface area contributed by atoms with Crippen LogP contribution in [0.1, 0.15) is 17.3 Å². The molecule has 1 unspecified atom stereocenters. The van der Waals surface area contributed by atoms with E-state index in [1.54, 1.807) is 37.3 Å². The summed E-state index contributed by atoms with van der Waals surface area (Å²) in [6.07, 6.45) is 0. The predicted octanol–water partition coefficient (Wildman–Crippen LogP) is 4.63. The van der Waals surface area contributed by atoms with Crippen LogP contribution >= 0.6 is 15.9 Å². The van der Waals surface area contributed by atoms with Crippen LogP contribution < -0.4 is 0 Å². The van der Waals surface area contributed by atoms with Gasteiger partial charge in [0.1, 0.15) is 16.2 Å². The first-order chi connectivity index (χ1) is 11.1. The minimum absolute atomic E-state index is 0.316. The highest BCUT2D eigenvalue weighted by atomic mass is 79.9. The highest BCUT2D eigenvalue weighted by Gasteiger charge is 2.19. The monoisotopic (exact) mass is 377 g/mol. The van der Waals surface area contributed by atoms with E-state index in [-0.39, 0.29) is 11.8 Å². The van der Waals surface area contributed by atoms with Gasteiger partial charge in [-0.3, -0.25) is 4.79 Å². The largest absolute Gasteiger partial charge is 0.465 e. The molecule has 0 saturated carbocycles. The highest BCUT2D eigenvalue weighted by molar-refractivity contribution is 9.09. The molecule has 0 aliphatic carbocycles. The van der Waals surface area contributed by atoms with Crippen LogP contribution in [-0.2, 0) is 9.53 Å². The molecular weight excluding hydrogens is 365 g/mol. The van der Waals surface area contributed by atoms with E-state index >= 15 is 0 Å². The van der Waals surface area contributed by atoms with Gasteiger partial charge in [-0.1, -0.05) is 22.0 Å². The number of ether oxygens (including phenoxy) is 1. The van der Waals surface area contributed by atoms with Gasteiger partial charge in [-0.05, 0) is 48.9 Å². The molecule has 3 rings (SSSR count). The van der Waals surface area contributed by atoms with Crippen molar-refractivity contribution in [1.82, 2.24) is 4.98 Å². The SMILES string of the molecule is CCOC(=O)C(Br)c1ccc2oc(-c3ccc(F)cc3)nc2c1. The van der Waals surface area contributed by atoms with Crippen LogP contribution in [0.2, 0.25) is 0 Å². The second-order valence-corrected chi connectivity index (χ2v) is 5.78. The smallest absolute Gasteiger partial charge is 0.324 e. The summed E-state index contributed by atoms with van der Waals surface area (Å²) in [5.41, 5.74) is 2.63. The Morgan fingerprint density at radius 3 is 2.74 bits per heavy atom. The van der Waals surface area contributed by atoms with Crippen molar-refractivity contribution in [3.8, 4) is 11.5 Å². The molecule has 0 aliphatic rings. The Morgan fingerprint density at radius 1 is 1.30 bits per heavy atom. The van der Waals surface area contributed by atoms with Gasteiger partial charge >= 0.3 is 5.97 Å². The topological polar surface area (TPSA) is 52.3 Å². The summed E-state index contributed by atoms with van der Waals surface area (Å²) >= 11 is 3.32. The average molecular weight is 378 g/mol. The van der Waals surface area contributed by atoms with E-state index in [1.807, 2.05) is 0 Å². The number of rotatable bonds is 4. The Kier molecular flexibility index (Phi) is 4.43. The number of esters is 1. The maximum atomic E-state index is 13.0. The molecule has 0 saturated heterocycles. The standard InChI is InChI=1S/C17H13BrFNO3/c1-2-22-17(21)15(18)11-5-8-14-13(9-11)20-16(23-14)10-3-6-12(19)7-4-10/h3-9,15H,2H2,1H3. The average Bonchev–Trinajstić information content (AvgIpc) is 2.98. The van der Waals surface area contributed by atoms with Crippen molar-refractivity contribution in [1.29, 1.82) is 0 Å². The number of hydrogen-bond acceptors (Lipinski definition) is 4. The van der Waals surface area contributed by atoms with Gasteiger partial charge in [0, 0.05) is 5.56 Å². The van der Waals surface area contributed by atoms with Crippen LogP contribution in [0.4, 0.5) is 4.39 Å². The van der Waals surface area contributed by atoms with Gasteiger partial charge in [0.15, 0.2) is 5.58 Å². The van der Waals surface area contributed by atoms with Crippen LogP contribution in [0.5, 0.6) is 0 Å². The van der Waals surface area contributed by atoms with Gasteiger partial charge in [-0.15, -0.1) is 0 Å². The van der Waals surface area contributed by atoms with Crippen molar-refractivity contribution in [2.45, 2.75) is 11.8 Å². The highest BCUT2D eigenvalue weighted by Crippen LogP contribution is 2.30. The summed E-state index contributed by atoms with van der Waals surface area (Å²) in [5, 5.41) is 0. The molecule has 1 aromatic heterocycles. The second kappa shape index (κ2) is 6.50. The van der Waals surface area contributed by atoms with Crippen molar-refractivity contribution in [3.63, 3.8) is 0 Å².